The maximum Gasteiger partial charge on any atom is 0.241 e. The minimum absolute atomic E-state index is 0.0471. The van der Waals surface area contributed by atoms with Crippen LogP contribution in [0.1, 0.15) is 30.5 Å². The second-order valence-corrected chi connectivity index (χ2v) is 5.89. The second-order valence-electron chi connectivity index (χ2n) is 5.89. The van der Waals surface area contributed by atoms with Crippen LogP contribution in [-0.2, 0) is 11.3 Å². The summed E-state index contributed by atoms with van der Waals surface area (Å²) in [6.07, 6.45) is 4.18. The topological polar surface area (TPSA) is 57.3 Å². The third-order valence-electron chi connectivity index (χ3n) is 4.29. The number of nitrogens with zero attached hydrogens (tertiary/aromatic N) is 2. The largest absolute Gasteiger partial charge is 0.337 e. The van der Waals surface area contributed by atoms with Crippen LogP contribution < -0.4 is 10.9 Å². The summed E-state index contributed by atoms with van der Waals surface area (Å²) in [6, 6.07) is 9.97. The van der Waals surface area contributed by atoms with E-state index in [2.05, 4.69) is 15.8 Å². The van der Waals surface area contributed by atoms with E-state index in [1.165, 1.54) is 12.1 Å². The fraction of sp³-hybridized carbons (Fsp3) is 0.333. The van der Waals surface area contributed by atoms with E-state index in [0.29, 0.717) is 19.5 Å². The number of benzene rings is 1. The van der Waals surface area contributed by atoms with Crippen molar-refractivity contribution < 1.29 is 9.18 Å². The zero-order valence-corrected chi connectivity index (χ0v) is 13.6. The van der Waals surface area contributed by atoms with E-state index in [1.54, 1.807) is 29.4 Å². The molecule has 126 valence electrons. The van der Waals surface area contributed by atoms with Crippen molar-refractivity contribution in [2.75, 3.05) is 6.54 Å². The lowest BCUT2D eigenvalue weighted by Crippen LogP contribution is -2.45. The first-order chi connectivity index (χ1) is 11.7. The summed E-state index contributed by atoms with van der Waals surface area (Å²) in [4.78, 5) is 18.6. The Bertz CT molecular complexity index is 677. The second kappa shape index (κ2) is 7.51. The molecule has 2 heterocycles. The van der Waals surface area contributed by atoms with Gasteiger partial charge in [-0.3, -0.25) is 9.78 Å². The van der Waals surface area contributed by atoms with Crippen LogP contribution in [0.4, 0.5) is 4.39 Å². The molecule has 1 amide bonds. The van der Waals surface area contributed by atoms with Crippen molar-refractivity contribution >= 4 is 5.91 Å². The van der Waals surface area contributed by atoms with Gasteiger partial charge in [-0.2, -0.15) is 0 Å². The first-order valence-corrected chi connectivity index (χ1v) is 8.11. The van der Waals surface area contributed by atoms with Crippen molar-refractivity contribution in [1.82, 2.24) is 20.7 Å². The first kappa shape index (κ1) is 16.5. The van der Waals surface area contributed by atoms with E-state index in [0.717, 1.165) is 11.1 Å². The average Bonchev–Trinajstić information content (AvgIpc) is 3.11. The standard InChI is InChI=1S/C18H21FN4O/c1-2-23(12-13-3-5-15(19)6-4-13)18(24)17-11-16(21-22-17)14-7-9-20-10-8-14/h3-10,16-17,21-22H,2,11-12H2,1H3. The third kappa shape index (κ3) is 3.77. The van der Waals surface area contributed by atoms with E-state index >= 15 is 0 Å². The molecule has 2 unspecified atom stereocenters. The number of pyridine rings is 1. The Hall–Kier alpha value is -2.31. The van der Waals surface area contributed by atoms with Gasteiger partial charge in [0.05, 0.1) is 0 Å². The number of hydrazine groups is 1. The van der Waals surface area contributed by atoms with Crippen LogP contribution in [0.15, 0.2) is 48.8 Å². The summed E-state index contributed by atoms with van der Waals surface area (Å²) in [5, 5.41) is 0. The molecule has 2 aromatic rings. The number of rotatable bonds is 5. The molecule has 1 aromatic carbocycles. The van der Waals surface area contributed by atoms with Gasteiger partial charge in [0, 0.05) is 31.5 Å². The molecule has 1 aromatic heterocycles. The summed E-state index contributed by atoms with van der Waals surface area (Å²) < 4.78 is 13.0. The molecule has 3 rings (SSSR count). The molecule has 0 radical (unpaired) electrons. The van der Waals surface area contributed by atoms with Crippen LogP contribution in [0, 0.1) is 5.82 Å². The minimum Gasteiger partial charge on any atom is -0.337 e. The zero-order valence-electron chi connectivity index (χ0n) is 13.6. The van der Waals surface area contributed by atoms with Crippen LogP contribution in [0.5, 0.6) is 0 Å². The van der Waals surface area contributed by atoms with Crippen molar-refractivity contribution in [3.8, 4) is 0 Å². The summed E-state index contributed by atoms with van der Waals surface area (Å²) in [6.45, 7) is 3.03. The summed E-state index contributed by atoms with van der Waals surface area (Å²) in [5.74, 6) is -0.221. The van der Waals surface area contributed by atoms with Gasteiger partial charge in [0.1, 0.15) is 11.9 Å². The maximum atomic E-state index is 13.0. The highest BCUT2D eigenvalue weighted by Gasteiger charge is 2.32. The van der Waals surface area contributed by atoms with Crippen LogP contribution in [0.2, 0.25) is 0 Å². The fourth-order valence-corrected chi connectivity index (χ4v) is 2.91. The SMILES string of the molecule is CCN(Cc1ccc(F)cc1)C(=O)C1CC(c2ccncc2)NN1. The quantitative estimate of drug-likeness (QED) is 0.883. The van der Waals surface area contributed by atoms with Crippen molar-refractivity contribution in [2.45, 2.75) is 32.0 Å². The molecule has 6 heteroatoms. The van der Waals surface area contributed by atoms with Gasteiger partial charge in [0.2, 0.25) is 5.91 Å². The number of halogens is 1. The van der Waals surface area contributed by atoms with E-state index in [9.17, 15) is 9.18 Å². The minimum atomic E-state index is -0.274. The summed E-state index contributed by atoms with van der Waals surface area (Å²) in [5.41, 5.74) is 8.30. The highest BCUT2D eigenvalue weighted by atomic mass is 19.1. The average molecular weight is 328 g/mol. The number of carbonyl (C=O) groups is 1. The van der Waals surface area contributed by atoms with Crippen LogP contribution in [0.25, 0.3) is 0 Å². The highest BCUT2D eigenvalue weighted by Crippen LogP contribution is 2.22. The molecule has 1 aliphatic rings. The molecule has 1 saturated heterocycles. The Morgan fingerprint density at radius 1 is 1.21 bits per heavy atom. The van der Waals surface area contributed by atoms with E-state index in [4.69, 9.17) is 0 Å². The predicted molar refractivity (Wildman–Crippen MR) is 89.1 cm³/mol. The molecule has 5 nitrogen and oxygen atoms in total. The molecular weight excluding hydrogens is 307 g/mol. The molecule has 0 saturated carbocycles. The van der Waals surface area contributed by atoms with Crippen LogP contribution in [0.3, 0.4) is 0 Å². The molecule has 1 aliphatic heterocycles. The monoisotopic (exact) mass is 328 g/mol. The molecule has 0 aliphatic carbocycles. The number of aromatic nitrogens is 1. The predicted octanol–water partition coefficient (Wildman–Crippen LogP) is 2.18. The Morgan fingerprint density at radius 3 is 2.58 bits per heavy atom. The number of hydrogen-bond donors (Lipinski definition) is 2. The molecule has 2 atom stereocenters. The van der Waals surface area contributed by atoms with Crippen LogP contribution >= 0.6 is 0 Å². The van der Waals surface area contributed by atoms with E-state index < -0.39 is 0 Å². The van der Waals surface area contributed by atoms with E-state index in [1.807, 2.05) is 19.1 Å². The van der Waals surface area contributed by atoms with Gasteiger partial charge in [-0.15, -0.1) is 0 Å². The number of likely N-dealkylation sites (N-methyl/N-ethyl adjacent to an activating group) is 1. The number of carbonyl (C=O) groups excluding carboxylic acids is 1. The molecule has 0 bridgehead atoms. The lowest BCUT2D eigenvalue weighted by molar-refractivity contribution is -0.133. The van der Waals surface area contributed by atoms with Crippen molar-refractivity contribution in [2.24, 2.45) is 0 Å². The maximum absolute atomic E-state index is 13.0. The Balaban J connectivity index is 1.63. The Labute approximate surface area is 140 Å². The summed E-state index contributed by atoms with van der Waals surface area (Å²) >= 11 is 0. The smallest absolute Gasteiger partial charge is 0.241 e. The van der Waals surface area contributed by atoms with Crippen molar-refractivity contribution in [3.05, 3.63) is 65.7 Å². The summed E-state index contributed by atoms with van der Waals surface area (Å²) in [7, 11) is 0. The van der Waals surface area contributed by atoms with Crippen LogP contribution in [-0.4, -0.2) is 28.4 Å². The van der Waals surface area contributed by atoms with Gasteiger partial charge in [0.15, 0.2) is 0 Å². The lowest BCUT2D eigenvalue weighted by atomic mass is 10.0. The number of amides is 1. The van der Waals surface area contributed by atoms with Crippen molar-refractivity contribution in [1.29, 1.82) is 0 Å². The fourth-order valence-electron chi connectivity index (χ4n) is 2.91. The molecule has 0 spiro atoms. The molecular formula is C18H21FN4O. The number of nitrogens with one attached hydrogen (secondary N) is 2. The Kier molecular flexibility index (Phi) is 5.17. The van der Waals surface area contributed by atoms with Gasteiger partial charge in [-0.25, -0.2) is 15.2 Å². The highest BCUT2D eigenvalue weighted by molar-refractivity contribution is 5.82. The third-order valence-corrected chi connectivity index (χ3v) is 4.29. The molecule has 2 N–H and O–H groups in total. The van der Waals surface area contributed by atoms with Gasteiger partial charge in [-0.05, 0) is 48.7 Å². The van der Waals surface area contributed by atoms with Gasteiger partial charge >= 0.3 is 0 Å². The van der Waals surface area contributed by atoms with Gasteiger partial charge < -0.3 is 4.90 Å². The Morgan fingerprint density at radius 2 is 1.92 bits per heavy atom. The number of hydrogen-bond acceptors (Lipinski definition) is 4. The van der Waals surface area contributed by atoms with Gasteiger partial charge in [-0.1, -0.05) is 12.1 Å². The van der Waals surface area contributed by atoms with E-state index in [-0.39, 0.29) is 23.8 Å². The molecule has 24 heavy (non-hydrogen) atoms. The zero-order chi connectivity index (χ0) is 16.9. The molecule has 1 fully saturated rings. The first-order valence-electron chi connectivity index (χ1n) is 8.11. The normalized spacial score (nSPS) is 20.1. The van der Waals surface area contributed by atoms with Gasteiger partial charge in [0.25, 0.3) is 0 Å². The van der Waals surface area contributed by atoms with Crippen molar-refractivity contribution in [3.63, 3.8) is 0 Å². The lowest BCUT2D eigenvalue weighted by Gasteiger charge is -2.24.